The minimum Gasteiger partial charge on any atom is -0.456 e. The molecule has 0 aliphatic heterocycles. The zero-order valence-electron chi connectivity index (χ0n) is 18.0. The van der Waals surface area contributed by atoms with Crippen LogP contribution in [0.1, 0.15) is 48.0 Å². The summed E-state index contributed by atoms with van der Waals surface area (Å²) in [5.41, 5.74) is -2.63. The lowest BCUT2D eigenvalue weighted by Crippen LogP contribution is -2.60. The second-order valence-corrected chi connectivity index (χ2v) is 10.5. The molecule has 3 N–H and O–H groups in total. The molecule has 2 fully saturated rings. The summed E-state index contributed by atoms with van der Waals surface area (Å²) in [4.78, 5) is 24.9. The Labute approximate surface area is 171 Å². The largest absolute Gasteiger partial charge is 0.456 e. The molecule has 8 atom stereocenters. The molecule has 0 radical (unpaired) electrons. The number of aliphatic hydroxyl groups excluding tert-OH is 2. The third-order valence-corrected chi connectivity index (χ3v) is 8.91. The van der Waals surface area contributed by atoms with Crippen molar-refractivity contribution in [3.63, 3.8) is 0 Å². The number of ketones is 1. The van der Waals surface area contributed by atoms with Gasteiger partial charge in [-0.15, -0.1) is 0 Å². The average Bonchev–Trinajstić information content (AvgIpc) is 3.06. The molecule has 6 heteroatoms. The number of esters is 1. The van der Waals surface area contributed by atoms with Crippen LogP contribution in [-0.4, -0.2) is 51.0 Å². The number of rotatable bonds is 2. The first-order valence-corrected chi connectivity index (χ1v) is 10.4. The number of carbonyl (C=O) groups excluding carboxylic acids is 2. The van der Waals surface area contributed by atoms with Crippen molar-refractivity contribution in [1.29, 1.82) is 0 Å². The molecule has 1 unspecified atom stereocenters. The molecule has 0 saturated heterocycles. The summed E-state index contributed by atoms with van der Waals surface area (Å²) in [5.74, 6) is -1.94. The van der Waals surface area contributed by atoms with Gasteiger partial charge in [-0.25, -0.2) is 0 Å². The summed E-state index contributed by atoms with van der Waals surface area (Å²) in [6, 6.07) is 0. The van der Waals surface area contributed by atoms with Crippen molar-refractivity contribution in [2.75, 3.05) is 6.61 Å². The van der Waals surface area contributed by atoms with Crippen molar-refractivity contribution in [3.05, 3.63) is 23.3 Å². The topological polar surface area (TPSA) is 104 Å². The molecule has 160 valence electrons. The molecule has 0 heterocycles. The summed E-state index contributed by atoms with van der Waals surface area (Å²) in [6.07, 6.45) is 2.97. The van der Waals surface area contributed by atoms with Gasteiger partial charge in [0.25, 0.3) is 0 Å². The van der Waals surface area contributed by atoms with Gasteiger partial charge in [-0.2, -0.15) is 0 Å². The molecule has 4 aliphatic rings. The van der Waals surface area contributed by atoms with Crippen LogP contribution in [0, 0.1) is 34.5 Å². The lowest BCUT2D eigenvalue weighted by Gasteiger charge is -2.54. The Morgan fingerprint density at radius 3 is 2.45 bits per heavy atom. The quantitative estimate of drug-likeness (QED) is 0.479. The molecule has 0 bridgehead atoms. The molecule has 4 rings (SSSR count). The summed E-state index contributed by atoms with van der Waals surface area (Å²) >= 11 is 0. The second kappa shape index (κ2) is 5.80. The van der Waals surface area contributed by atoms with E-state index in [1.807, 2.05) is 39.8 Å². The summed E-state index contributed by atoms with van der Waals surface area (Å²) < 4.78 is 5.81. The highest BCUT2D eigenvalue weighted by Gasteiger charge is 2.85. The Morgan fingerprint density at radius 2 is 1.90 bits per heavy atom. The van der Waals surface area contributed by atoms with Gasteiger partial charge in [-0.3, -0.25) is 9.59 Å². The average molecular weight is 405 g/mol. The van der Waals surface area contributed by atoms with Gasteiger partial charge in [-0.1, -0.05) is 39.8 Å². The summed E-state index contributed by atoms with van der Waals surface area (Å²) in [7, 11) is 0. The molecular formula is C23H32O6. The monoisotopic (exact) mass is 404 g/mol. The first-order chi connectivity index (χ1) is 13.3. The number of hydrogen-bond acceptors (Lipinski definition) is 6. The highest BCUT2D eigenvalue weighted by Crippen LogP contribution is 2.78. The van der Waals surface area contributed by atoms with Crippen molar-refractivity contribution < 1.29 is 29.6 Å². The van der Waals surface area contributed by atoms with Crippen LogP contribution in [0.15, 0.2) is 23.3 Å². The van der Waals surface area contributed by atoms with Gasteiger partial charge < -0.3 is 20.1 Å². The lowest BCUT2D eigenvalue weighted by molar-refractivity contribution is -0.189. The van der Waals surface area contributed by atoms with Crippen LogP contribution in [0.2, 0.25) is 0 Å². The van der Waals surface area contributed by atoms with E-state index in [-0.39, 0.29) is 36.6 Å². The Bertz CT molecular complexity index is 855. The zero-order valence-corrected chi connectivity index (χ0v) is 18.0. The van der Waals surface area contributed by atoms with Crippen LogP contribution in [0.5, 0.6) is 0 Å². The van der Waals surface area contributed by atoms with Gasteiger partial charge in [0.05, 0.1) is 12.7 Å². The van der Waals surface area contributed by atoms with Gasteiger partial charge in [0.1, 0.15) is 11.2 Å². The van der Waals surface area contributed by atoms with Crippen LogP contribution in [0.25, 0.3) is 0 Å². The third kappa shape index (κ3) is 2.18. The maximum absolute atomic E-state index is 12.9. The van der Waals surface area contributed by atoms with Crippen molar-refractivity contribution in [3.8, 4) is 0 Å². The van der Waals surface area contributed by atoms with E-state index in [4.69, 9.17) is 4.74 Å². The predicted molar refractivity (Wildman–Crippen MR) is 106 cm³/mol. The molecule has 6 nitrogen and oxygen atoms in total. The molecule has 0 aromatic carbocycles. The molecule has 0 aromatic rings. The molecule has 0 amide bonds. The number of hydrogen-bond donors (Lipinski definition) is 3. The fourth-order valence-corrected chi connectivity index (χ4v) is 7.31. The SMILES string of the molecule is CC(=O)O[C@@]12[C@H](O)[C@@H](C)[C@]3(C)C4C=C(C)C(=O)[C@@]4(O)CC(CO)=C[C@H]3[C@@H]1C2(C)C. The van der Waals surface area contributed by atoms with Crippen molar-refractivity contribution in [2.24, 2.45) is 34.5 Å². The third-order valence-electron chi connectivity index (χ3n) is 8.91. The molecule has 4 aliphatic carbocycles. The first-order valence-electron chi connectivity index (χ1n) is 10.4. The second-order valence-electron chi connectivity index (χ2n) is 10.5. The highest BCUT2D eigenvalue weighted by atomic mass is 16.6. The fraction of sp³-hybridized carbons (Fsp3) is 0.739. The van der Waals surface area contributed by atoms with E-state index in [9.17, 15) is 24.9 Å². The van der Waals surface area contributed by atoms with Crippen molar-refractivity contribution in [2.45, 2.75) is 65.3 Å². The molecule has 0 aromatic heterocycles. The van der Waals surface area contributed by atoms with E-state index in [1.165, 1.54) is 6.92 Å². The van der Waals surface area contributed by atoms with Crippen LogP contribution in [-0.2, 0) is 14.3 Å². The highest BCUT2D eigenvalue weighted by molar-refractivity contribution is 6.04. The normalized spacial score (nSPS) is 49.8. The van der Waals surface area contributed by atoms with Crippen LogP contribution in [0.4, 0.5) is 0 Å². The summed E-state index contributed by atoms with van der Waals surface area (Å²) in [6.45, 7) is 10.7. The van der Waals surface area contributed by atoms with E-state index >= 15 is 0 Å². The van der Waals surface area contributed by atoms with Crippen LogP contribution < -0.4 is 0 Å². The Hall–Kier alpha value is -1.50. The van der Waals surface area contributed by atoms with Gasteiger partial charge in [0.15, 0.2) is 5.78 Å². The van der Waals surface area contributed by atoms with Crippen molar-refractivity contribution in [1.82, 2.24) is 0 Å². The first kappa shape index (κ1) is 20.8. The molecule has 29 heavy (non-hydrogen) atoms. The summed E-state index contributed by atoms with van der Waals surface area (Å²) in [5, 5.41) is 33.0. The number of allylic oxidation sites excluding steroid dienone is 1. The maximum Gasteiger partial charge on any atom is 0.303 e. The minimum absolute atomic E-state index is 0.0729. The predicted octanol–water partition coefficient (Wildman–Crippen LogP) is 1.78. The van der Waals surface area contributed by atoms with E-state index in [1.54, 1.807) is 6.92 Å². The Balaban J connectivity index is 1.94. The van der Waals surface area contributed by atoms with E-state index < -0.39 is 40.0 Å². The fourth-order valence-electron chi connectivity index (χ4n) is 7.31. The Morgan fingerprint density at radius 1 is 1.28 bits per heavy atom. The maximum atomic E-state index is 12.9. The van der Waals surface area contributed by atoms with E-state index in [0.717, 1.165) is 0 Å². The molecular weight excluding hydrogens is 372 g/mol. The standard InChI is InChI=1S/C23H32O6/c1-11-7-16-21(6)12(2)19(27)23(29-13(3)25)17(20(23,4)5)15(21)8-14(10-24)9-22(16,28)18(11)26/h7-8,12,15-17,19,24,27-28H,9-10H2,1-6H3/t12-,15+,16?,17-,19-,21+,22-,23-/m1/s1. The molecule has 0 spiro atoms. The van der Waals surface area contributed by atoms with Crippen molar-refractivity contribution >= 4 is 11.8 Å². The number of fused-ring (bicyclic) bond motifs is 5. The van der Waals surface area contributed by atoms with E-state index in [2.05, 4.69) is 0 Å². The molecule has 2 saturated carbocycles. The lowest BCUT2D eigenvalue weighted by atomic mass is 9.52. The van der Waals surface area contributed by atoms with Crippen LogP contribution >= 0.6 is 0 Å². The van der Waals surface area contributed by atoms with Gasteiger partial charge >= 0.3 is 5.97 Å². The smallest absolute Gasteiger partial charge is 0.303 e. The van der Waals surface area contributed by atoms with Gasteiger partial charge in [0, 0.05) is 30.6 Å². The number of Topliss-reactive ketones (excluding diaryl/α,β-unsaturated/α-hetero) is 1. The number of ether oxygens (including phenoxy) is 1. The number of carbonyl (C=O) groups is 2. The van der Waals surface area contributed by atoms with Gasteiger partial charge in [-0.05, 0) is 35.3 Å². The minimum atomic E-state index is -1.63. The zero-order chi connectivity index (χ0) is 21.7. The van der Waals surface area contributed by atoms with Gasteiger partial charge in [0.2, 0.25) is 0 Å². The van der Waals surface area contributed by atoms with E-state index in [0.29, 0.717) is 11.1 Å². The van der Waals surface area contributed by atoms with Crippen LogP contribution in [0.3, 0.4) is 0 Å². The Kier molecular flexibility index (Phi) is 4.15. The number of aliphatic hydroxyl groups is 3.